The Morgan fingerprint density at radius 1 is 0.838 bits per heavy atom. The summed E-state index contributed by atoms with van der Waals surface area (Å²) in [7, 11) is 3.27. The van der Waals surface area contributed by atoms with Crippen molar-refractivity contribution in [3.8, 4) is 17.2 Å². The predicted molar refractivity (Wildman–Crippen MR) is 144 cm³/mol. The van der Waals surface area contributed by atoms with Gasteiger partial charge in [-0.2, -0.15) is 0 Å². The van der Waals surface area contributed by atoms with Gasteiger partial charge in [-0.25, -0.2) is 4.98 Å². The summed E-state index contributed by atoms with van der Waals surface area (Å²) in [6.45, 7) is 2.77. The topological polar surface area (TPSA) is 76.9 Å². The molecule has 0 aliphatic carbocycles. The number of para-hydroxylation sites is 2. The number of aryl methyl sites for hydroxylation is 1. The lowest BCUT2D eigenvalue weighted by molar-refractivity contribution is -0.131. The largest absolute Gasteiger partial charge is 0.497 e. The Bertz CT molecular complexity index is 1460. The van der Waals surface area contributed by atoms with Crippen LogP contribution in [0.25, 0.3) is 16.7 Å². The van der Waals surface area contributed by atoms with Crippen LogP contribution in [0.3, 0.4) is 0 Å². The Hall–Kier alpha value is -4.33. The molecule has 0 radical (unpaired) electrons. The highest BCUT2D eigenvalue weighted by molar-refractivity contribution is 5.78. The number of rotatable bonds is 7. The number of piperazine rings is 1. The molecular weight excluding hydrogens is 468 g/mol. The van der Waals surface area contributed by atoms with Crippen molar-refractivity contribution in [3.63, 3.8) is 0 Å². The van der Waals surface area contributed by atoms with E-state index in [9.17, 15) is 9.59 Å². The summed E-state index contributed by atoms with van der Waals surface area (Å²) in [6.07, 6.45) is 0.525. The van der Waals surface area contributed by atoms with Gasteiger partial charge in [-0.05, 0) is 48.5 Å². The van der Waals surface area contributed by atoms with E-state index in [0.29, 0.717) is 30.0 Å². The van der Waals surface area contributed by atoms with Crippen LogP contribution in [0, 0.1) is 0 Å². The van der Waals surface area contributed by atoms with Gasteiger partial charge in [-0.15, -0.1) is 0 Å². The lowest BCUT2D eigenvalue weighted by atomic mass is 10.1. The van der Waals surface area contributed by atoms with Crippen LogP contribution < -0.4 is 19.9 Å². The number of amides is 1. The Balaban J connectivity index is 1.30. The van der Waals surface area contributed by atoms with Gasteiger partial charge in [0.05, 0.1) is 25.3 Å². The third kappa shape index (κ3) is 5.14. The Morgan fingerprint density at radius 2 is 1.57 bits per heavy atom. The van der Waals surface area contributed by atoms with Gasteiger partial charge < -0.3 is 19.3 Å². The number of methoxy groups -OCH3 is 2. The summed E-state index contributed by atoms with van der Waals surface area (Å²) in [4.78, 5) is 35.3. The lowest BCUT2D eigenvalue weighted by Gasteiger charge is -2.36. The average molecular weight is 499 g/mol. The second-order valence-electron chi connectivity index (χ2n) is 8.96. The highest BCUT2D eigenvalue weighted by Crippen LogP contribution is 2.23. The fourth-order valence-corrected chi connectivity index (χ4v) is 4.73. The molecule has 4 aromatic rings. The molecule has 37 heavy (non-hydrogen) atoms. The van der Waals surface area contributed by atoms with Crippen LogP contribution in [0.5, 0.6) is 11.5 Å². The van der Waals surface area contributed by atoms with Crippen LogP contribution in [0.15, 0.2) is 77.6 Å². The molecule has 1 saturated heterocycles. The molecule has 1 aliphatic rings. The molecule has 1 fully saturated rings. The van der Waals surface area contributed by atoms with Gasteiger partial charge in [0.15, 0.2) is 0 Å². The van der Waals surface area contributed by atoms with E-state index in [1.165, 1.54) is 0 Å². The number of anilines is 1. The summed E-state index contributed by atoms with van der Waals surface area (Å²) in [5.41, 5.74) is 3.43. The fourth-order valence-electron chi connectivity index (χ4n) is 4.73. The van der Waals surface area contributed by atoms with E-state index in [1.54, 1.807) is 18.8 Å². The Labute approximate surface area is 215 Å². The van der Waals surface area contributed by atoms with Gasteiger partial charge in [-0.3, -0.25) is 14.2 Å². The van der Waals surface area contributed by atoms with Gasteiger partial charge in [0, 0.05) is 56.5 Å². The zero-order valence-electron chi connectivity index (χ0n) is 21.1. The summed E-state index contributed by atoms with van der Waals surface area (Å²) >= 11 is 0. The molecule has 0 saturated carbocycles. The summed E-state index contributed by atoms with van der Waals surface area (Å²) in [6, 6.07) is 22.9. The zero-order chi connectivity index (χ0) is 25.8. The first-order valence-electron chi connectivity index (χ1n) is 12.4. The van der Waals surface area contributed by atoms with Gasteiger partial charge >= 0.3 is 0 Å². The first-order valence-corrected chi connectivity index (χ1v) is 12.4. The van der Waals surface area contributed by atoms with Crippen LogP contribution in [-0.2, 0) is 11.2 Å². The molecule has 5 rings (SSSR count). The lowest BCUT2D eigenvalue weighted by Crippen LogP contribution is -2.49. The zero-order valence-corrected chi connectivity index (χ0v) is 21.1. The predicted octanol–water partition coefficient (Wildman–Crippen LogP) is 3.68. The molecule has 8 nitrogen and oxygen atoms in total. The molecule has 2 heterocycles. The molecule has 8 heteroatoms. The van der Waals surface area contributed by atoms with Crippen LogP contribution >= 0.6 is 0 Å². The number of carbonyl (C=O) groups excluding carboxylic acids is 1. The maximum Gasteiger partial charge on any atom is 0.277 e. The standard InChI is InChI=1S/C29H30N4O4/c1-36-23-12-10-21(11-13-23)33-27-9-4-3-8-25(27)30-26(29(33)35)14-15-28(34)32-18-16-31(17-19-32)22-6-5-7-24(20-22)37-2/h3-13,20H,14-19H2,1-2H3. The van der Waals surface area contributed by atoms with Crippen molar-refractivity contribution in [3.05, 3.63) is 88.8 Å². The van der Waals surface area contributed by atoms with Crippen LogP contribution in [0.4, 0.5) is 5.69 Å². The van der Waals surface area contributed by atoms with Crippen molar-refractivity contribution in [1.82, 2.24) is 14.5 Å². The van der Waals surface area contributed by atoms with Crippen molar-refractivity contribution in [2.75, 3.05) is 45.3 Å². The first kappa shape index (κ1) is 24.4. The van der Waals surface area contributed by atoms with Crippen LogP contribution in [-0.4, -0.2) is 60.8 Å². The molecule has 3 aromatic carbocycles. The molecule has 1 aliphatic heterocycles. The van der Waals surface area contributed by atoms with Crippen LogP contribution in [0.1, 0.15) is 12.1 Å². The second-order valence-corrected chi connectivity index (χ2v) is 8.96. The molecule has 1 aromatic heterocycles. The number of benzene rings is 3. The fraction of sp³-hybridized carbons (Fsp3) is 0.276. The Morgan fingerprint density at radius 3 is 2.30 bits per heavy atom. The van der Waals surface area contributed by atoms with Gasteiger partial charge in [0.1, 0.15) is 17.2 Å². The van der Waals surface area contributed by atoms with Gasteiger partial charge in [-0.1, -0.05) is 18.2 Å². The summed E-state index contributed by atoms with van der Waals surface area (Å²) < 4.78 is 12.3. The first-order chi connectivity index (χ1) is 18.1. The van der Waals surface area contributed by atoms with E-state index >= 15 is 0 Å². The average Bonchev–Trinajstić information content (AvgIpc) is 2.96. The normalized spacial score (nSPS) is 13.6. The third-order valence-electron chi connectivity index (χ3n) is 6.79. The number of hydrogen-bond acceptors (Lipinski definition) is 6. The molecule has 0 unspecified atom stereocenters. The SMILES string of the molecule is COc1ccc(-n2c(=O)c(CCC(=O)N3CCN(c4cccc(OC)c4)CC3)nc3ccccc32)cc1. The van der Waals surface area contributed by atoms with Crippen molar-refractivity contribution in [2.24, 2.45) is 0 Å². The summed E-state index contributed by atoms with van der Waals surface area (Å²) in [5.74, 6) is 1.57. The monoisotopic (exact) mass is 498 g/mol. The van der Waals surface area contributed by atoms with Crippen molar-refractivity contribution in [1.29, 1.82) is 0 Å². The smallest absolute Gasteiger partial charge is 0.277 e. The molecule has 0 bridgehead atoms. The highest BCUT2D eigenvalue weighted by atomic mass is 16.5. The highest BCUT2D eigenvalue weighted by Gasteiger charge is 2.22. The number of hydrogen-bond donors (Lipinski definition) is 0. The van der Waals surface area contributed by atoms with E-state index in [0.717, 1.165) is 35.7 Å². The van der Waals surface area contributed by atoms with E-state index in [1.807, 2.05) is 71.6 Å². The minimum absolute atomic E-state index is 0.0376. The maximum atomic E-state index is 13.5. The Kier molecular flexibility index (Phi) is 7.07. The van der Waals surface area contributed by atoms with E-state index in [4.69, 9.17) is 9.47 Å². The molecular formula is C29H30N4O4. The minimum atomic E-state index is -0.209. The van der Waals surface area contributed by atoms with Crippen molar-refractivity contribution < 1.29 is 14.3 Å². The summed E-state index contributed by atoms with van der Waals surface area (Å²) in [5, 5.41) is 0. The van der Waals surface area contributed by atoms with Gasteiger partial charge in [0.2, 0.25) is 5.91 Å². The number of fused-ring (bicyclic) bond motifs is 1. The third-order valence-corrected chi connectivity index (χ3v) is 6.79. The van der Waals surface area contributed by atoms with Crippen molar-refractivity contribution >= 4 is 22.6 Å². The minimum Gasteiger partial charge on any atom is -0.497 e. The second kappa shape index (κ2) is 10.7. The number of aromatic nitrogens is 2. The van der Waals surface area contributed by atoms with E-state index in [2.05, 4.69) is 16.0 Å². The van der Waals surface area contributed by atoms with Gasteiger partial charge in [0.25, 0.3) is 5.56 Å². The number of ether oxygens (including phenoxy) is 2. The quantitative estimate of drug-likeness (QED) is 0.387. The number of nitrogens with zero attached hydrogens (tertiary/aromatic N) is 4. The molecule has 190 valence electrons. The molecule has 0 spiro atoms. The van der Waals surface area contributed by atoms with E-state index < -0.39 is 0 Å². The molecule has 1 amide bonds. The molecule has 0 N–H and O–H groups in total. The van der Waals surface area contributed by atoms with Crippen molar-refractivity contribution in [2.45, 2.75) is 12.8 Å². The molecule has 0 atom stereocenters. The van der Waals surface area contributed by atoms with Crippen LogP contribution in [0.2, 0.25) is 0 Å². The maximum absolute atomic E-state index is 13.5. The number of carbonyl (C=O) groups is 1. The van der Waals surface area contributed by atoms with E-state index in [-0.39, 0.29) is 24.3 Å².